The van der Waals surface area contributed by atoms with Gasteiger partial charge in [-0.2, -0.15) is 0 Å². The standard InChI is InChI=1S/C5H11Cl2N.ClH/c1-4(6)8(3)5(2)7;/h4-5H,1-3H3;1H. The SMILES string of the molecule is CC(Cl)N(C)C(C)Cl.Cl. The molecule has 2 unspecified atom stereocenters. The van der Waals surface area contributed by atoms with E-state index in [2.05, 4.69) is 0 Å². The van der Waals surface area contributed by atoms with Gasteiger partial charge in [-0.3, -0.25) is 4.90 Å². The van der Waals surface area contributed by atoms with Crippen LogP contribution >= 0.6 is 35.6 Å². The predicted molar refractivity (Wildman–Crippen MR) is 45.6 cm³/mol. The van der Waals surface area contributed by atoms with Gasteiger partial charge in [0, 0.05) is 0 Å². The molecule has 0 saturated heterocycles. The Morgan fingerprint density at radius 1 is 1.11 bits per heavy atom. The van der Waals surface area contributed by atoms with Crippen molar-refractivity contribution in [3.63, 3.8) is 0 Å². The Bertz CT molecular complexity index is 57.2. The first-order valence-electron chi connectivity index (χ1n) is 2.55. The molecule has 4 heteroatoms. The highest BCUT2D eigenvalue weighted by Gasteiger charge is 2.08. The summed E-state index contributed by atoms with van der Waals surface area (Å²) >= 11 is 11.3. The van der Waals surface area contributed by atoms with E-state index in [1.54, 1.807) is 0 Å². The third-order valence-corrected chi connectivity index (χ3v) is 1.74. The van der Waals surface area contributed by atoms with Crippen molar-refractivity contribution in [1.29, 1.82) is 0 Å². The molecule has 9 heavy (non-hydrogen) atoms. The van der Waals surface area contributed by atoms with Crippen molar-refractivity contribution in [3.05, 3.63) is 0 Å². The Kier molecular flexibility index (Phi) is 7.78. The second-order valence-corrected chi connectivity index (χ2v) is 3.08. The van der Waals surface area contributed by atoms with E-state index in [1.807, 2.05) is 25.8 Å². The number of hydrogen-bond acceptors (Lipinski definition) is 1. The molecule has 0 bridgehead atoms. The smallest absolute Gasteiger partial charge is 0.0830 e. The fourth-order valence-electron chi connectivity index (χ4n) is 0.283. The Morgan fingerprint density at radius 3 is 1.33 bits per heavy atom. The minimum atomic E-state index is 0. The number of halogens is 3. The van der Waals surface area contributed by atoms with Crippen LogP contribution in [0, 0.1) is 0 Å². The maximum Gasteiger partial charge on any atom is 0.0830 e. The van der Waals surface area contributed by atoms with E-state index in [9.17, 15) is 0 Å². The molecule has 0 rings (SSSR count). The summed E-state index contributed by atoms with van der Waals surface area (Å²) in [6, 6.07) is 0. The van der Waals surface area contributed by atoms with Crippen molar-refractivity contribution in [2.24, 2.45) is 0 Å². The number of hydrogen-bond donors (Lipinski definition) is 0. The van der Waals surface area contributed by atoms with Crippen LogP contribution < -0.4 is 0 Å². The van der Waals surface area contributed by atoms with Crippen LogP contribution in [0.4, 0.5) is 0 Å². The summed E-state index contributed by atoms with van der Waals surface area (Å²) in [6.45, 7) is 3.78. The summed E-state index contributed by atoms with van der Waals surface area (Å²) in [5.41, 5.74) is 0.0324. The van der Waals surface area contributed by atoms with Crippen LogP contribution in [0.5, 0.6) is 0 Å². The van der Waals surface area contributed by atoms with Crippen LogP contribution in [0.1, 0.15) is 13.8 Å². The lowest BCUT2D eigenvalue weighted by Gasteiger charge is -2.21. The summed E-state index contributed by atoms with van der Waals surface area (Å²) < 4.78 is 0. The molecule has 58 valence electrons. The molecule has 2 atom stereocenters. The van der Waals surface area contributed by atoms with Crippen molar-refractivity contribution >= 4 is 35.6 Å². The highest BCUT2D eigenvalue weighted by atomic mass is 35.5. The van der Waals surface area contributed by atoms with Crippen LogP contribution in [0.3, 0.4) is 0 Å². The van der Waals surface area contributed by atoms with Crippen molar-refractivity contribution in [2.75, 3.05) is 7.05 Å². The van der Waals surface area contributed by atoms with E-state index in [0.29, 0.717) is 0 Å². The molecular formula is C5H12Cl3N. The van der Waals surface area contributed by atoms with Gasteiger partial charge in [0.25, 0.3) is 0 Å². The van der Waals surface area contributed by atoms with Gasteiger partial charge in [0.1, 0.15) is 0 Å². The van der Waals surface area contributed by atoms with Crippen molar-refractivity contribution in [2.45, 2.75) is 24.8 Å². The van der Waals surface area contributed by atoms with Crippen LogP contribution in [-0.2, 0) is 0 Å². The Balaban J connectivity index is 0. The van der Waals surface area contributed by atoms with Gasteiger partial charge in [-0.05, 0) is 20.9 Å². The maximum absolute atomic E-state index is 5.66. The number of alkyl halides is 2. The third kappa shape index (κ3) is 5.28. The summed E-state index contributed by atoms with van der Waals surface area (Å²) in [4.78, 5) is 1.86. The highest BCUT2D eigenvalue weighted by Crippen LogP contribution is 2.07. The molecular weight excluding hydrogens is 180 g/mol. The molecule has 0 radical (unpaired) electrons. The average Bonchev–Trinajstić information content (AvgIpc) is 1.64. The van der Waals surface area contributed by atoms with E-state index >= 15 is 0 Å². The predicted octanol–water partition coefficient (Wildman–Crippen LogP) is 2.51. The highest BCUT2D eigenvalue weighted by molar-refractivity contribution is 6.22. The van der Waals surface area contributed by atoms with E-state index in [-0.39, 0.29) is 23.4 Å². The van der Waals surface area contributed by atoms with E-state index in [4.69, 9.17) is 23.2 Å². The Labute approximate surface area is 72.7 Å². The average molecular weight is 193 g/mol. The van der Waals surface area contributed by atoms with Crippen LogP contribution in [0.2, 0.25) is 0 Å². The summed E-state index contributed by atoms with van der Waals surface area (Å²) in [5, 5.41) is 0. The molecule has 0 amide bonds. The first-order chi connectivity index (χ1) is 3.55. The molecule has 0 saturated carbocycles. The normalized spacial score (nSPS) is 16.7. The molecule has 0 aromatic carbocycles. The van der Waals surface area contributed by atoms with Gasteiger partial charge < -0.3 is 0 Å². The monoisotopic (exact) mass is 191 g/mol. The molecule has 0 fully saturated rings. The molecule has 0 aliphatic heterocycles. The molecule has 0 N–H and O–H groups in total. The zero-order valence-electron chi connectivity index (χ0n) is 5.77. The van der Waals surface area contributed by atoms with Gasteiger partial charge in [-0.15, -0.1) is 35.6 Å². The van der Waals surface area contributed by atoms with Crippen molar-refractivity contribution < 1.29 is 0 Å². The largest absolute Gasteiger partial charge is 0.275 e. The van der Waals surface area contributed by atoms with E-state index < -0.39 is 0 Å². The van der Waals surface area contributed by atoms with Crippen LogP contribution in [-0.4, -0.2) is 22.9 Å². The fraction of sp³-hybridized carbons (Fsp3) is 1.00. The van der Waals surface area contributed by atoms with E-state index in [1.165, 1.54) is 0 Å². The topological polar surface area (TPSA) is 3.24 Å². The molecule has 0 aliphatic rings. The quantitative estimate of drug-likeness (QED) is 0.480. The zero-order valence-corrected chi connectivity index (χ0v) is 8.09. The summed E-state index contributed by atoms with van der Waals surface area (Å²) in [7, 11) is 1.88. The number of rotatable bonds is 2. The van der Waals surface area contributed by atoms with Crippen molar-refractivity contribution in [1.82, 2.24) is 4.90 Å². The van der Waals surface area contributed by atoms with Gasteiger partial charge >= 0.3 is 0 Å². The molecule has 0 aromatic heterocycles. The lowest BCUT2D eigenvalue weighted by Crippen LogP contribution is -2.29. The van der Waals surface area contributed by atoms with Crippen molar-refractivity contribution in [3.8, 4) is 0 Å². The lowest BCUT2D eigenvalue weighted by molar-refractivity contribution is 0.310. The third-order valence-electron chi connectivity index (χ3n) is 1.12. The molecule has 0 aliphatic carbocycles. The second kappa shape index (κ2) is 5.60. The van der Waals surface area contributed by atoms with Gasteiger partial charge in [-0.1, -0.05) is 0 Å². The summed E-state index contributed by atoms with van der Waals surface area (Å²) in [5.74, 6) is 0. The number of nitrogens with zero attached hydrogens (tertiary/aromatic N) is 1. The van der Waals surface area contributed by atoms with Gasteiger partial charge in [0.05, 0.1) is 11.0 Å². The molecule has 0 aromatic rings. The first-order valence-corrected chi connectivity index (χ1v) is 3.43. The van der Waals surface area contributed by atoms with Crippen LogP contribution in [0.15, 0.2) is 0 Å². The minimum absolute atomic E-state index is 0. The Morgan fingerprint density at radius 2 is 1.33 bits per heavy atom. The van der Waals surface area contributed by atoms with E-state index in [0.717, 1.165) is 0 Å². The summed E-state index contributed by atoms with van der Waals surface area (Å²) in [6.07, 6.45) is 0. The van der Waals surface area contributed by atoms with Gasteiger partial charge in [0.2, 0.25) is 0 Å². The fourth-order valence-corrected chi connectivity index (χ4v) is 0.679. The van der Waals surface area contributed by atoms with Gasteiger partial charge in [-0.25, -0.2) is 0 Å². The Hall–Kier alpha value is 0.830. The molecule has 0 heterocycles. The second-order valence-electron chi connectivity index (χ2n) is 1.81. The lowest BCUT2D eigenvalue weighted by atomic mass is 10.6. The van der Waals surface area contributed by atoms with Gasteiger partial charge in [0.15, 0.2) is 0 Å². The maximum atomic E-state index is 5.66. The minimum Gasteiger partial charge on any atom is -0.275 e. The zero-order chi connectivity index (χ0) is 6.73. The molecule has 0 spiro atoms. The first kappa shape index (κ1) is 12.5. The molecule has 1 nitrogen and oxygen atoms in total. The van der Waals surface area contributed by atoms with Crippen LogP contribution in [0.25, 0.3) is 0 Å².